The predicted molar refractivity (Wildman–Crippen MR) is 84.4 cm³/mol. The van der Waals surface area contributed by atoms with Crippen LogP contribution < -0.4 is 5.32 Å². The van der Waals surface area contributed by atoms with Crippen LogP contribution in [0.2, 0.25) is 0 Å². The van der Waals surface area contributed by atoms with Crippen LogP contribution in [-0.4, -0.2) is 36.2 Å². The molecule has 126 valence electrons. The Balaban J connectivity index is 2.77. The van der Waals surface area contributed by atoms with Crippen molar-refractivity contribution in [2.45, 2.75) is 66.0 Å². The van der Waals surface area contributed by atoms with E-state index in [0.29, 0.717) is 12.5 Å². The van der Waals surface area contributed by atoms with Gasteiger partial charge in [0.2, 0.25) is 5.91 Å². The van der Waals surface area contributed by atoms with Crippen LogP contribution in [0, 0.1) is 17.8 Å². The van der Waals surface area contributed by atoms with Gasteiger partial charge in [0.15, 0.2) is 11.6 Å². The van der Waals surface area contributed by atoms with Gasteiger partial charge in [-0.2, -0.15) is 0 Å². The molecule has 1 amide bonds. The fourth-order valence-corrected chi connectivity index (χ4v) is 2.22. The van der Waals surface area contributed by atoms with Crippen molar-refractivity contribution in [2.75, 3.05) is 6.54 Å². The molecule has 0 spiro atoms. The normalized spacial score (nSPS) is 23.8. The largest absolute Gasteiger partial charge is 0.356 e. The molecule has 3 atom stereocenters. The summed E-state index contributed by atoms with van der Waals surface area (Å²) in [5.41, 5.74) is 0. The maximum absolute atomic E-state index is 12.5. The summed E-state index contributed by atoms with van der Waals surface area (Å²) >= 11 is 0. The number of nitrogens with one attached hydrogen (secondary N) is 1. The van der Waals surface area contributed by atoms with Gasteiger partial charge in [0.1, 0.15) is 12.2 Å². The summed E-state index contributed by atoms with van der Waals surface area (Å²) in [5.74, 6) is -2.16. The third kappa shape index (κ3) is 6.26. The van der Waals surface area contributed by atoms with Crippen LogP contribution in [0.4, 0.5) is 0 Å². The molecule has 1 N–H and O–H groups in total. The van der Waals surface area contributed by atoms with E-state index < -0.39 is 36.3 Å². The molecule has 1 rings (SSSR count). The molecule has 5 heteroatoms. The fourth-order valence-electron chi connectivity index (χ4n) is 2.22. The van der Waals surface area contributed by atoms with Gasteiger partial charge in [0, 0.05) is 21.6 Å². The topological polar surface area (TPSA) is 75.8 Å². The molecule has 1 aliphatic heterocycles. The van der Waals surface area contributed by atoms with E-state index in [1.165, 1.54) is 6.92 Å². The van der Waals surface area contributed by atoms with Gasteiger partial charge in [-0.15, -0.1) is 0 Å². The number of ketones is 2. The molecule has 0 aliphatic carbocycles. The SMILES string of the molecule is [2H]C([2H])(C(C)C)[C@H](CC(=O)[C@H]1O[C@@H]1C(C)=O)C(=O)NCCC(C)C. The van der Waals surface area contributed by atoms with E-state index in [1.807, 2.05) is 13.8 Å². The molecule has 0 aromatic heterocycles. The van der Waals surface area contributed by atoms with E-state index in [2.05, 4.69) is 5.32 Å². The number of epoxide rings is 1. The first-order chi connectivity index (χ1) is 11.0. The highest BCUT2D eigenvalue weighted by Crippen LogP contribution is 2.27. The Bertz CT molecular complexity index is 491. The van der Waals surface area contributed by atoms with Crippen molar-refractivity contribution < 1.29 is 21.9 Å². The zero-order chi connectivity index (χ0) is 18.7. The summed E-state index contributed by atoms with van der Waals surface area (Å²) in [6.07, 6.45) is -2.84. The summed E-state index contributed by atoms with van der Waals surface area (Å²) in [4.78, 5) is 35.9. The molecule has 1 aliphatic rings. The minimum absolute atomic E-state index is 0.224. The van der Waals surface area contributed by atoms with Crippen molar-refractivity contribution in [2.24, 2.45) is 17.8 Å². The highest BCUT2D eigenvalue weighted by molar-refractivity contribution is 5.97. The Hall–Kier alpha value is -1.23. The first-order valence-electron chi connectivity index (χ1n) is 8.94. The smallest absolute Gasteiger partial charge is 0.223 e. The Morgan fingerprint density at radius 1 is 1.14 bits per heavy atom. The van der Waals surface area contributed by atoms with Gasteiger partial charge < -0.3 is 10.1 Å². The molecule has 0 unspecified atom stereocenters. The summed E-state index contributed by atoms with van der Waals surface area (Å²) in [6, 6.07) is 0. The highest BCUT2D eigenvalue weighted by atomic mass is 16.6. The van der Waals surface area contributed by atoms with Gasteiger partial charge in [-0.05, 0) is 31.6 Å². The Labute approximate surface area is 136 Å². The molecule has 0 aromatic carbocycles. The van der Waals surface area contributed by atoms with E-state index in [9.17, 15) is 14.4 Å². The first-order valence-corrected chi connectivity index (χ1v) is 7.94. The first kappa shape index (κ1) is 15.7. The molecule has 5 nitrogen and oxygen atoms in total. The van der Waals surface area contributed by atoms with Gasteiger partial charge in [-0.1, -0.05) is 27.7 Å². The van der Waals surface area contributed by atoms with E-state index in [1.54, 1.807) is 13.8 Å². The van der Waals surface area contributed by atoms with Crippen molar-refractivity contribution in [3.8, 4) is 0 Å². The van der Waals surface area contributed by atoms with Crippen LogP contribution in [0.15, 0.2) is 0 Å². The maximum Gasteiger partial charge on any atom is 0.223 e. The molecule has 1 heterocycles. The van der Waals surface area contributed by atoms with Crippen molar-refractivity contribution in [3.63, 3.8) is 0 Å². The standard InChI is InChI=1S/C17H29NO4/c1-10(2)6-7-18-17(21)13(8-11(3)4)9-14(20)16-15(22-16)12(5)19/h10-11,13,15-16H,6-9H2,1-5H3,(H,18,21)/t13-,15-,16-/m1/s1/i8D2. The lowest BCUT2D eigenvalue weighted by molar-refractivity contribution is -0.130. The molecule has 0 radical (unpaired) electrons. The zero-order valence-electron chi connectivity index (χ0n) is 16.1. The van der Waals surface area contributed by atoms with Gasteiger partial charge in [0.05, 0.1) is 0 Å². The molecule has 1 fully saturated rings. The van der Waals surface area contributed by atoms with Crippen LogP contribution in [0.5, 0.6) is 0 Å². The van der Waals surface area contributed by atoms with Crippen LogP contribution in [0.3, 0.4) is 0 Å². The third-order valence-electron chi connectivity index (χ3n) is 3.49. The minimum atomic E-state index is -1.82. The predicted octanol–water partition coefficient (Wildman–Crippen LogP) is 2.13. The molecular weight excluding hydrogens is 282 g/mol. The van der Waals surface area contributed by atoms with Crippen molar-refractivity contribution >= 4 is 17.5 Å². The van der Waals surface area contributed by atoms with Crippen LogP contribution in [-0.2, 0) is 19.1 Å². The zero-order valence-corrected chi connectivity index (χ0v) is 14.1. The quantitative estimate of drug-likeness (QED) is 0.627. The Kier molecular flexibility index (Phi) is 5.99. The van der Waals surface area contributed by atoms with E-state index in [4.69, 9.17) is 7.48 Å². The number of amides is 1. The monoisotopic (exact) mass is 313 g/mol. The lowest BCUT2D eigenvalue weighted by Crippen LogP contribution is -2.34. The fraction of sp³-hybridized carbons (Fsp3) is 0.824. The van der Waals surface area contributed by atoms with E-state index >= 15 is 0 Å². The van der Waals surface area contributed by atoms with E-state index in [0.717, 1.165) is 6.42 Å². The highest BCUT2D eigenvalue weighted by Gasteiger charge is 2.48. The minimum Gasteiger partial charge on any atom is -0.356 e. The van der Waals surface area contributed by atoms with Crippen molar-refractivity contribution in [1.29, 1.82) is 0 Å². The van der Waals surface area contributed by atoms with Crippen molar-refractivity contribution in [1.82, 2.24) is 5.32 Å². The van der Waals surface area contributed by atoms with Crippen LogP contribution >= 0.6 is 0 Å². The molecule has 1 saturated heterocycles. The Morgan fingerprint density at radius 2 is 1.77 bits per heavy atom. The van der Waals surface area contributed by atoms with Gasteiger partial charge in [0.25, 0.3) is 0 Å². The second-order valence-electron chi connectivity index (χ2n) is 6.61. The average molecular weight is 313 g/mol. The maximum atomic E-state index is 12.5. The number of Topliss-reactive ketones (excluding diaryl/α,β-unsaturated/α-hetero) is 2. The van der Waals surface area contributed by atoms with Crippen LogP contribution in [0.25, 0.3) is 0 Å². The van der Waals surface area contributed by atoms with Crippen molar-refractivity contribution in [3.05, 3.63) is 0 Å². The summed E-state index contributed by atoms with van der Waals surface area (Å²) in [6.45, 7) is 9.24. The number of hydrogen-bond donors (Lipinski definition) is 1. The van der Waals surface area contributed by atoms with E-state index in [-0.39, 0.29) is 18.0 Å². The second-order valence-corrected chi connectivity index (χ2v) is 6.61. The van der Waals surface area contributed by atoms with Crippen LogP contribution in [0.1, 0.15) is 56.6 Å². The Morgan fingerprint density at radius 3 is 2.23 bits per heavy atom. The number of ether oxygens (including phenoxy) is 1. The second kappa shape index (κ2) is 8.42. The molecule has 0 bridgehead atoms. The molecular formula is C17H29NO4. The van der Waals surface area contributed by atoms with Gasteiger partial charge in [-0.25, -0.2) is 0 Å². The number of carbonyl (C=O) groups is 3. The lowest BCUT2D eigenvalue weighted by Gasteiger charge is -2.18. The molecule has 0 saturated carbocycles. The summed E-state index contributed by atoms with van der Waals surface area (Å²) in [5, 5.41) is 2.73. The number of hydrogen-bond acceptors (Lipinski definition) is 4. The summed E-state index contributed by atoms with van der Waals surface area (Å²) in [7, 11) is 0. The average Bonchev–Trinajstić information content (AvgIpc) is 3.24. The molecule has 0 aromatic rings. The van der Waals surface area contributed by atoms with Gasteiger partial charge in [-0.3, -0.25) is 14.4 Å². The lowest BCUT2D eigenvalue weighted by atomic mass is 9.90. The number of rotatable bonds is 10. The van der Waals surface area contributed by atoms with Gasteiger partial charge >= 0.3 is 0 Å². The third-order valence-corrected chi connectivity index (χ3v) is 3.49. The summed E-state index contributed by atoms with van der Waals surface area (Å²) < 4.78 is 21.5. The number of carbonyl (C=O) groups excluding carboxylic acids is 3. The molecule has 22 heavy (non-hydrogen) atoms.